The SMILES string of the molecule is CC[C@@H](C)Nc1nc(Nc2cccc(F)c2C#N)cc(-c2ccncc2)n1. The molecule has 0 amide bonds. The van der Waals surface area contributed by atoms with E-state index in [9.17, 15) is 9.65 Å². The molecule has 0 fully saturated rings. The first-order valence-electron chi connectivity index (χ1n) is 8.62. The maximum atomic E-state index is 13.9. The normalized spacial score (nSPS) is 11.5. The fraction of sp³-hybridized carbons (Fsp3) is 0.200. The molecule has 2 heterocycles. The summed E-state index contributed by atoms with van der Waals surface area (Å²) >= 11 is 0. The molecule has 3 aromatic rings. The summed E-state index contributed by atoms with van der Waals surface area (Å²) in [5, 5.41) is 15.5. The van der Waals surface area contributed by atoms with Crippen LogP contribution in [0.5, 0.6) is 0 Å². The van der Waals surface area contributed by atoms with Gasteiger partial charge in [0.25, 0.3) is 0 Å². The number of pyridine rings is 1. The first-order valence-corrected chi connectivity index (χ1v) is 8.62. The van der Waals surface area contributed by atoms with E-state index in [0.29, 0.717) is 23.1 Å². The summed E-state index contributed by atoms with van der Waals surface area (Å²) in [6.45, 7) is 4.10. The number of halogens is 1. The topological polar surface area (TPSA) is 86.5 Å². The molecule has 0 saturated carbocycles. The van der Waals surface area contributed by atoms with Gasteiger partial charge in [-0.1, -0.05) is 13.0 Å². The summed E-state index contributed by atoms with van der Waals surface area (Å²) < 4.78 is 13.9. The third-order valence-corrected chi connectivity index (χ3v) is 4.08. The van der Waals surface area contributed by atoms with Crippen molar-refractivity contribution in [2.45, 2.75) is 26.3 Å². The van der Waals surface area contributed by atoms with Crippen molar-refractivity contribution in [3.05, 3.63) is 60.2 Å². The first-order chi connectivity index (χ1) is 13.1. The molecule has 0 unspecified atom stereocenters. The first kappa shape index (κ1) is 18.3. The Morgan fingerprint density at radius 3 is 2.67 bits per heavy atom. The zero-order valence-electron chi connectivity index (χ0n) is 15.1. The van der Waals surface area contributed by atoms with Crippen molar-refractivity contribution in [2.24, 2.45) is 0 Å². The summed E-state index contributed by atoms with van der Waals surface area (Å²) in [6.07, 6.45) is 4.29. The van der Waals surface area contributed by atoms with Crippen molar-refractivity contribution in [2.75, 3.05) is 10.6 Å². The Morgan fingerprint density at radius 2 is 1.96 bits per heavy atom. The largest absolute Gasteiger partial charge is 0.352 e. The highest BCUT2D eigenvalue weighted by Crippen LogP contribution is 2.26. The summed E-state index contributed by atoms with van der Waals surface area (Å²) in [7, 11) is 0. The smallest absolute Gasteiger partial charge is 0.225 e. The Balaban J connectivity index is 2.03. The molecule has 7 heteroatoms. The highest BCUT2D eigenvalue weighted by atomic mass is 19.1. The molecular weight excluding hydrogens is 343 g/mol. The van der Waals surface area contributed by atoms with E-state index in [-0.39, 0.29) is 11.6 Å². The van der Waals surface area contributed by atoms with E-state index in [4.69, 9.17) is 0 Å². The van der Waals surface area contributed by atoms with E-state index in [1.807, 2.05) is 25.1 Å². The van der Waals surface area contributed by atoms with Crippen molar-refractivity contribution in [3.8, 4) is 17.3 Å². The minimum Gasteiger partial charge on any atom is -0.352 e. The summed E-state index contributed by atoms with van der Waals surface area (Å²) in [6, 6.07) is 12.0. The quantitative estimate of drug-likeness (QED) is 0.671. The van der Waals surface area contributed by atoms with E-state index in [2.05, 4.69) is 32.5 Å². The van der Waals surface area contributed by atoms with Gasteiger partial charge in [-0.15, -0.1) is 0 Å². The number of nitrogens with one attached hydrogen (secondary N) is 2. The molecule has 0 spiro atoms. The molecule has 3 rings (SSSR count). The van der Waals surface area contributed by atoms with Crippen LogP contribution >= 0.6 is 0 Å². The maximum absolute atomic E-state index is 13.9. The molecule has 2 aromatic heterocycles. The van der Waals surface area contributed by atoms with E-state index in [1.54, 1.807) is 30.6 Å². The van der Waals surface area contributed by atoms with Gasteiger partial charge >= 0.3 is 0 Å². The van der Waals surface area contributed by atoms with Crippen molar-refractivity contribution < 1.29 is 4.39 Å². The Labute approximate surface area is 157 Å². The molecular formula is C20H19FN6. The van der Waals surface area contributed by atoms with Crippen molar-refractivity contribution in [1.82, 2.24) is 15.0 Å². The molecule has 2 N–H and O–H groups in total. The second-order valence-electron chi connectivity index (χ2n) is 6.05. The Kier molecular flexibility index (Phi) is 5.57. The van der Waals surface area contributed by atoms with Crippen LogP contribution in [0, 0.1) is 17.1 Å². The summed E-state index contributed by atoms with van der Waals surface area (Å²) in [4.78, 5) is 13.1. The molecule has 136 valence electrons. The van der Waals surface area contributed by atoms with Gasteiger partial charge in [0.2, 0.25) is 5.95 Å². The van der Waals surface area contributed by atoms with Crippen LogP contribution in [0.15, 0.2) is 48.8 Å². The van der Waals surface area contributed by atoms with Crippen LogP contribution in [0.2, 0.25) is 0 Å². The summed E-state index contributed by atoms with van der Waals surface area (Å²) in [5.41, 5.74) is 1.86. The predicted octanol–water partition coefficient (Wildman–Crippen LogP) is 4.50. The molecule has 0 aliphatic rings. The average molecular weight is 362 g/mol. The Bertz CT molecular complexity index is 968. The van der Waals surface area contributed by atoms with Crippen LogP contribution in [0.25, 0.3) is 11.3 Å². The number of nitrogens with zero attached hydrogens (tertiary/aromatic N) is 4. The standard InChI is InChI=1S/C20H19FN6/c1-3-13(2)24-20-26-18(14-7-9-23-10-8-14)11-19(27-20)25-17-6-4-5-16(21)15(17)12-22/h4-11,13H,3H2,1-2H3,(H2,24,25,26,27)/t13-/m1/s1. The lowest BCUT2D eigenvalue weighted by Gasteiger charge is -2.15. The van der Waals surface area contributed by atoms with Gasteiger partial charge in [-0.05, 0) is 37.6 Å². The second-order valence-corrected chi connectivity index (χ2v) is 6.05. The number of rotatable bonds is 6. The van der Waals surface area contributed by atoms with Crippen LogP contribution in [0.4, 0.5) is 21.8 Å². The third-order valence-electron chi connectivity index (χ3n) is 4.08. The molecule has 0 saturated heterocycles. The number of hydrogen-bond donors (Lipinski definition) is 2. The van der Waals surface area contributed by atoms with Crippen molar-refractivity contribution in [1.29, 1.82) is 5.26 Å². The predicted molar refractivity (Wildman–Crippen MR) is 103 cm³/mol. The molecule has 27 heavy (non-hydrogen) atoms. The summed E-state index contributed by atoms with van der Waals surface area (Å²) in [5.74, 6) is 0.338. The number of hydrogen-bond acceptors (Lipinski definition) is 6. The lowest BCUT2D eigenvalue weighted by Crippen LogP contribution is -2.16. The number of nitriles is 1. The van der Waals surface area contributed by atoms with E-state index >= 15 is 0 Å². The molecule has 0 bridgehead atoms. The van der Waals surface area contributed by atoms with Gasteiger partial charge in [-0.2, -0.15) is 10.2 Å². The zero-order valence-corrected chi connectivity index (χ0v) is 15.1. The van der Waals surface area contributed by atoms with Gasteiger partial charge < -0.3 is 10.6 Å². The minimum absolute atomic E-state index is 0.0574. The van der Waals surface area contributed by atoms with Crippen LogP contribution in [-0.2, 0) is 0 Å². The fourth-order valence-corrected chi connectivity index (χ4v) is 2.45. The maximum Gasteiger partial charge on any atom is 0.225 e. The van der Waals surface area contributed by atoms with Gasteiger partial charge in [-0.25, -0.2) is 9.37 Å². The number of benzene rings is 1. The highest BCUT2D eigenvalue weighted by molar-refractivity contribution is 5.70. The molecule has 1 atom stereocenters. The van der Waals surface area contributed by atoms with Crippen molar-refractivity contribution >= 4 is 17.5 Å². The molecule has 0 aliphatic carbocycles. The second kappa shape index (κ2) is 8.23. The number of anilines is 3. The third kappa shape index (κ3) is 4.36. The van der Waals surface area contributed by atoms with E-state index < -0.39 is 5.82 Å². The van der Waals surface area contributed by atoms with Crippen molar-refractivity contribution in [3.63, 3.8) is 0 Å². The Hall–Kier alpha value is -3.53. The average Bonchev–Trinajstić information content (AvgIpc) is 2.68. The van der Waals surface area contributed by atoms with Gasteiger partial charge in [0.05, 0.1) is 11.4 Å². The van der Waals surface area contributed by atoms with Crippen LogP contribution in [0.1, 0.15) is 25.8 Å². The molecule has 6 nitrogen and oxygen atoms in total. The van der Waals surface area contributed by atoms with Crippen LogP contribution in [0.3, 0.4) is 0 Å². The minimum atomic E-state index is -0.580. The van der Waals surface area contributed by atoms with E-state index in [1.165, 1.54) is 6.07 Å². The molecule has 0 radical (unpaired) electrons. The van der Waals surface area contributed by atoms with Crippen LogP contribution in [-0.4, -0.2) is 21.0 Å². The lowest BCUT2D eigenvalue weighted by atomic mass is 10.1. The van der Waals surface area contributed by atoms with Crippen LogP contribution < -0.4 is 10.6 Å². The van der Waals surface area contributed by atoms with Gasteiger partial charge in [-0.3, -0.25) is 4.98 Å². The van der Waals surface area contributed by atoms with Gasteiger partial charge in [0.15, 0.2) is 0 Å². The zero-order chi connectivity index (χ0) is 19.2. The van der Waals surface area contributed by atoms with Gasteiger partial charge in [0.1, 0.15) is 23.3 Å². The van der Waals surface area contributed by atoms with Gasteiger partial charge in [0, 0.05) is 30.1 Å². The lowest BCUT2D eigenvalue weighted by molar-refractivity contribution is 0.624. The molecule has 1 aromatic carbocycles. The monoisotopic (exact) mass is 362 g/mol. The number of aromatic nitrogens is 3. The highest BCUT2D eigenvalue weighted by Gasteiger charge is 2.12. The van der Waals surface area contributed by atoms with E-state index in [0.717, 1.165) is 12.0 Å². The molecule has 0 aliphatic heterocycles. The fourth-order valence-electron chi connectivity index (χ4n) is 2.45. The Morgan fingerprint density at radius 1 is 1.19 bits per heavy atom.